The van der Waals surface area contributed by atoms with Gasteiger partial charge in [0.1, 0.15) is 5.82 Å². The molecule has 1 saturated heterocycles. The van der Waals surface area contributed by atoms with Crippen LogP contribution in [0, 0.1) is 6.92 Å². The molecule has 6 nitrogen and oxygen atoms in total. The summed E-state index contributed by atoms with van der Waals surface area (Å²) in [5, 5.41) is 9.39. The summed E-state index contributed by atoms with van der Waals surface area (Å²) in [6.45, 7) is 3.56. The van der Waals surface area contributed by atoms with Crippen LogP contribution in [0.15, 0.2) is 0 Å². The predicted molar refractivity (Wildman–Crippen MR) is 63.7 cm³/mol. The van der Waals surface area contributed by atoms with Gasteiger partial charge in [0.2, 0.25) is 5.82 Å². The van der Waals surface area contributed by atoms with Gasteiger partial charge >= 0.3 is 0 Å². The predicted octanol–water partition coefficient (Wildman–Crippen LogP) is 0.327. The van der Waals surface area contributed by atoms with Gasteiger partial charge < -0.3 is 10.2 Å². The van der Waals surface area contributed by atoms with E-state index >= 15 is 0 Å². The second-order valence-electron chi connectivity index (χ2n) is 4.58. The standard InChI is InChI=1S/C11H19N5O/c1-8-13-10(15-14-8)11(17)12-7-9-5-3-4-6-16(9)2/h9H,3-7H2,1-2H3,(H,12,17)(H,13,14,15). The number of hydrogen-bond acceptors (Lipinski definition) is 4. The third-order valence-electron chi connectivity index (χ3n) is 3.22. The molecule has 2 heterocycles. The first-order chi connectivity index (χ1) is 8.16. The van der Waals surface area contributed by atoms with Crippen LogP contribution in [0.4, 0.5) is 0 Å². The Bertz CT molecular complexity index is 389. The highest BCUT2D eigenvalue weighted by molar-refractivity contribution is 5.90. The van der Waals surface area contributed by atoms with E-state index in [-0.39, 0.29) is 11.7 Å². The zero-order chi connectivity index (χ0) is 12.3. The Hall–Kier alpha value is -1.43. The molecule has 0 bridgehead atoms. The summed E-state index contributed by atoms with van der Waals surface area (Å²) in [5.41, 5.74) is 0. The zero-order valence-corrected chi connectivity index (χ0v) is 10.4. The van der Waals surface area contributed by atoms with Crippen molar-refractivity contribution in [2.24, 2.45) is 0 Å². The van der Waals surface area contributed by atoms with Gasteiger partial charge in [-0.2, -0.15) is 0 Å². The molecule has 1 amide bonds. The van der Waals surface area contributed by atoms with Crippen LogP contribution in [-0.4, -0.2) is 52.2 Å². The van der Waals surface area contributed by atoms with E-state index in [0.717, 1.165) is 13.0 Å². The molecule has 1 aromatic rings. The molecule has 0 aromatic carbocycles. The summed E-state index contributed by atoms with van der Waals surface area (Å²) in [6, 6.07) is 0.438. The van der Waals surface area contributed by atoms with Gasteiger partial charge in [0.05, 0.1) is 0 Å². The van der Waals surface area contributed by atoms with Crippen LogP contribution in [0.2, 0.25) is 0 Å². The topological polar surface area (TPSA) is 73.9 Å². The summed E-state index contributed by atoms with van der Waals surface area (Å²) >= 11 is 0. The Morgan fingerprint density at radius 1 is 1.59 bits per heavy atom. The molecule has 94 valence electrons. The van der Waals surface area contributed by atoms with Crippen molar-refractivity contribution in [2.45, 2.75) is 32.2 Å². The molecular formula is C11H19N5O. The normalized spacial score (nSPS) is 21.4. The maximum absolute atomic E-state index is 11.7. The van der Waals surface area contributed by atoms with Gasteiger partial charge in [-0.15, -0.1) is 5.10 Å². The Balaban J connectivity index is 1.83. The number of H-pyrrole nitrogens is 1. The monoisotopic (exact) mass is 237 g/mol. The molecule has 0 aliphatic carbocycles. The molecule has 0 saturated carbocycles. The van der Waals surface area contributed by atoms with Gasteiger partial charge in [0.15, 0.2) is 0 Å². The summed E-state index contributed by atoms with van der Waals surface area (Å²) in [6.07, 6.45) is 3.63. The smallest absolute Gasteiger partial charge is 0.291 e. The van der Waals surface area contributed by atoms with Crippen LogP contribution in [-0.2, 0) is 0 Å². The van der Waals surface area contributed by atoms with Crippen molar-refractivity contribution in [3.8, 4) is 0 Å². The van der Waals surface area contributed by atoms with Gasteiger partial charge in [-0.05, 0) is 33.4 Å². The number of aromatic amines is 1. The average molecular weight is 237 g/mol. The summed E-state index contributed by atoms with van der Waals surface area (Å²) in [4.78, 5) is 18.0. The zero-order valence-electron chi connectivity index (χ0n) is 10.4. The van der Waals surface area contributed by atoms with Crippen molar-refractivity contribution in [2.75, 3.05) is 20.1 Å². The molecule has 2 rings (SSSR count). The lowest BCUT2D eigenvalue weighted by atomic mass is 10.0. The third-order valence-corrected chi connectivity index (χ3v) is 3.22. The van der Waals surface area contributed by atoms with Gasteiger partial charge in [-0.3, -0.25) is 9.89 Å². The number of rotatable bonds is 3. The van der Waals surface area contributed by atoms with Crippen LogP contribution < -0.4 is 5.32 Å². The van der Waals surface area contributed by atoms with Crippen LogP contribution in [0.25, 0.3) is 0 Å². The second kappa shape index (κ2) is 5.27. The van der Waals surface area contributed by atoms with Crippen LogP contribution in [0.1, 0.15) is 35.7 Å². The third kappa shape index (κ3) is 3.03. The molecule has 1 aromatic heterocycles. The Morgan fingerprint density at radius 3 is 3.06 bits per heavy atom. The molecule has 17 heavy (non-hydrogen) atoms. The molecule has 1 unspecified atom stereocenters. The number of carbonyl (C=O) groups excluding carboxylic acids is 1. The van der Waals surface area contributed by atoms with Crippen molar-refractivity contribution in [1.82, 2.24) is 25.4 Å². The number of aryl methyl sites for hydroxylation is 1. The lowest BCUT2D eigenvalue weighted by Gasteiger charge is -2.32. The van der Waals surface area contributed by atoms with Crippen molar-refractivity contribution in [3.63, 3.8) is 0 Å². The van der Waals surface area contributed by atoms with Crippen LogP contribution in [0.3, 0.4) is 0 Å². The van der Waals surface area contributed by atoms with E-state index in [9.17, 15) is 4.79 Å². The highest BCUT2D eigenvalue weighted by atomic mass is 16.2. The number of hydrogen-bond donors (Lipinski definition) is 2. The van der Waals surface area contributed by atoms with E-state index < -0.39 is 0 Å². The molecule has 1 fully saturated rings. The molecule has 6 heteroatoms. The van der Waals surface area contributed by atoms with Crippen molar-refractivity contribution in [3.05, 3.63) is 11.6 Å². The van der Waals surface area contributed by atoms with Crippen LogP contribution in [0.5, 0.6) is 0 Å². The molecule has 1 aliphatic rings. The minimum Gasteiger partial charge on any atom is -0.348 e. The minimum atomic E-state index is -0.201. The average Bonchev–Trinajstić information content (AvgIpc) is 2.74. The summed E-state index contributed by atoms with van der Waals surface area (Å²) in [5.74, 6) is 0.680. The number of carbonyl (C=O) groups is 1. The first-order valence-corrected chi connectivity index (χ1v) is 6.04. The lowest BCUT2D eigenvalue weighted by Crippen LogP contribution is -2.44. The van der Waals surface area contributed by atoms with E-state index in [0.29, 0.717) is 18.4 Å². The first kappa shape index (κ1) is 12.0. The maximum Gasteiger partial charge on any atom is 0.291 e. The fourth-order valence-corrected chi connectivity index (χ4v) is 2.14. The number of nitrogens with one attached hydrogen (secondary N) is 2. The summed E-state index contributed by atoms with van der Waals surface area (Å²) in [7, 11) is 2.10. The Morgan fingerprint density at radius 2 is 2.41 bits per heavy atom. The highest BCUT2D eigenvalue weighted by Crippen LogP contribution is 2.13. The van der Waals surface area contributed by atoms with Crippen molar-refractivity contribution in [1.29, 1.82) is 0 Å². The molecule has 1 aliphatic heterocycles. The molecule has 0 spiro atoms. The number of piperidine rings is 1. The number of amides is 1. The minimum absolute atomic E-state index is 0.201. The number of nitrogens with zero attached hydrogens (tertiary/aromatic N) is 3. The summed E-state index contributed by atoms with van der Waals surface area (Å²) < 4.78 is 0. The fourth-order valence-electron chi connectivity index (χ4n) is 2.14. The largest absolute Gasteiger partial charge is 0.348 e. The Labute approximate surface area is 101 Å². The molecular weight excluding hydrogens is 218 g/mol. The fraction of sp³-hybridized carbons (Fsp3) is 0.727. The van der Waals surface area contributed by atoms with E-state index in [4.69, 9.17) is 0 Å². The highest BCUT2D eigenvalue weighted by Gasteiger charge is 2.20. The maximum atomic E-state index is 11.7. The Kier molecular flexibility index (Phi) is 3.73. The number of likely N-dealkylation sites (tertiary alicyclic amines) is 1. The molecule has 1 atom stereocenters. The van der Waals surface area contributed by atoms with Gasteiger partial charge in [0, 0.05) is 12.6 Å². The quantitative estimate of drug-likeness (QED) is 0.794. The first-order valence-electron chi connectivity index (χ1n) is 6.04. The van der Waals surface area contributed by atoms with Crippen LogP contribution >= 0.6 is 0 Å². The van der Waals surface area contributed by atoms with E-state index in [2.05, 4.69) is 32.4 Å². The lowest BCUT2D eigenvalue weighted by molar-refractivity contribution is 0.0918. The number of likely N-dealkylation sites (N-methyl/N-ethyl adjacent to an activating group) is 1. The van der Waals surface area contributed by atoms with E-state index in [1.165, 1.54) is 12.8 Å². The second-order valence-corrected chi connectivity index (χ2v) is 4.58. The van der Waals surface area contributed by atoms with Crippen molar-refractivity contribution < 1.29 is 4.79 Å². The van der Waals surface area contributed by atoms with Gasteiger partial charge in [-0.25, -0.2) is 4.98 Å². The van der Waals surface area contributed by atoms with Crippen molar-refractivity contribution >= 4 is 5.91 Å². The van der Waals surface area contributed by atoms with Gasteiger partial charge in [0.25, 0.3) is 5.91 Å². The van der Waals surface area contributed by atoms with E-state index in [1.807, 2.05) is 0 Å². The number of aromatic nitrogens is 3. The molecule has 0 radical (unpaired) electrons. The SMILES string of the molecule is Cc1nc(C(=O)NCC2CCCCN2C)n[nH]1. The molecule has 2 N–H and O–H groups in total. The van der Waals surface area contributed by atoms with E-state index in [1.54, 1.807) is 6.92 Å². The van der Waals surface area contributed by atoms with Gasteiger partial charge in [-0.1, -0.05) is 6.42 Å².